The second-order valence-corrected chi connectivity index (χ2v) is 8.75. The van der Waals surface area contributed by atoms with E-state index in [4.69, 9.17) is 23.7 Å². The van der Waals surface area contributed by atoms with E-state index in [0.29, 0.717) is 6.61 Å². The summed E-state index contributed by atoms with van der Waals surface area (Å²) in [5.74, 6) is -1.20. The van der Waals surface area contributed by atoms with Crippen LogP contribution in [0.4, 0.5) is 0 Å². The third-order valence-electron chi connectivity index (χ3n) is 4.68. The first-order valence-corrected chi connectivity index (χ1v) is 9.40. The highest BCUT2D eigenvalue weighted by molar-refractivity contribution is 14.1. The molecule has 3 aliphatic heterocycles. The molecule has 0 unspecified atom stereocenters. The molecule has 4 rings (SSSR count). The molecule has 3 aliphatic rings. The van der Waals surface area contributed by atoms with Crippen LogP contribution in [0, 0.1) is 3.57 Å². The first kappa shape index (κ1) is 17.2. The van der Waals surface area contributed by atoms with Crippen LogP contribution in [-0.4, -0.2) is 42.6 Å². The SMILES string of the molecule is CC1(C)O[C@H]2[C@@H]([C@H]3COC(C)(C)O3)O[C@@H](c3ccc(I)cc3)[C@H]2O1. The maximum atomic E-state index is 6.37. The Balaban J connectivity index is 1.61. The van der Waals surface area contributed by atoms with E-state index in [-0.39, 0.29) is 30.5 Å². The number of rotatable bonds is 2. The molecule has 0 aliphatic carbocycles. The van der Waals surface area contributed by atoms with Crippen molar-refractivity contribution in [1.82, 2.24) is 0 Å². The minimum atomic E-state index is -0.617. The summed E-state index contributed by atoms with van der Waals surface area (Å²) >= 11 is 2.30. The van der Waals surface area contributed by atoms with Gasteiger partial charge in [0.1, 0.15) is 30.5 Å². The lowest BCUT2D eigenvalue weighted by molar-refractivity contribution is -0.207. The Morgan fingerprint density at radius 1 is 0.875 bits per heavy atom. The Kier molecular flexibility index (Phi) is 4.21. The van der Waals surface area contributed by atoms with Gasteiger partial charge in [-0.25, -0.2) is 0 Å². The van der Waals surface area contributed by atoms with Crippen LogP contribution in [0.15, 0.2) is 24.3 Å². The smallest absolute Gasteiger partial charge is 0.164 e. The fraction of sp³-hybridized carbons (Fsp3) is 0.667. The maximum Gasteiger partial charge on any atom is 0.164 e. The molecule has 132 valence electrons. The molecular weight excluding hydrogens is 423 g/mol. The summed E-state index contributed by atoms with van der Waals surface area (Å²) in [5, 5.41) is 0. The van der Waals surface area contributed by atoms with Crippen molar-refractivity contribution in [3.63, 3.8) is 0 Å². The minimum Gasteiger partial charge on any atom is -0.362 e. The van der Waals surface area contributed by atoms with Crippen molar-refractivity contribution >= 4 is 22.6 Å². The molecule has 5 nitrogen and oxygen atoms in total. The third kappa shape index (κ3) is 3.12. The molecule has 3 heterocycles. The van der Waals surface area contributed by atoms with Gasteiger partial charge in [-0.05, 0) is 68.0 Å². The largest absolute Gasteiger partial charge is 0.362 e. The van der Waals surface area contributed by atoms with Gasteiger partial charge >= 0.3 is 0 Å². The summed E-state index contributed by atoms with van der Waals surface area (Å²) in [6.45, 7) is 8.24. The topological polar surface area (TPSA) is 46.2 Å². The monoisotopic (exact) mass is 446 g/mol. The van der Waals surface area contributed by atoms with Crippen LogP contribution in [0.2, 0.25) is 0 Å². The quantitative estimate of drug-likeness (QED) is 0.652. The van der Waals surface area contributed by atoms with Crippen LogP contribution in [-0.2, 0) is 23.7 Å². The predicted octanol–water partition coefficient (Wildman–Crippen LogP) is 3.40. The van der Waals surface area contributed by atoms with Crippen LogP contribution in [0.3, 0.4) is 0 Å². The Labute approximate surface area is 156 Å². The molecule has 0 bridgehead atoms. The average Bonchev–Trinajstić information content (AvgIpc) is 3.10. The molecule has 0 spiro atoms. The van der Waals surface area contributed by atoms with Gasteiger partial charge in [-0.1, -0.05) is 12.1 Å². The van der Waals surface area contributed by atoms with Gasteiger partial charge in [0, 0.05) is 3.57 Å². The van der Waals surface area contributed by atoms with Crippen LogP contribution in [0.25, 0.3) is 0 Å². The zero-order valence-electron chi connectivity index (χ0n) is 14.3. The molecule has 0 amide bonds. The molecule has 0 aromatic heterocycles. The van der Waals surface area contributed by atoms with E-state index in [9.17, 15) is 0 Å². The van der Waals surface area contributed by atoms with Gasteiger partial charge in [0.25, 0.3) is 0 Å². The van der Waals surface area contributed by atoms with E-state index in [2.05, 4.69) is 46.9 Å². The highest BCUT2D eigenvalue weighted by atomic mass is 127. The number of hydrogen-bond acceptors (Lipinski definition) is 5. The lowest BCUT2D eigenvalue weighted by Gasteiger charge is -2.27. The molecular formula is C18H23IO5. The molecule has 3 fully saturated rings. The van der Waals surface area contributed by atoms with E-state index in [1.54, 1.807) is 0 Å². The molecule has 24 heavy (non-hydrogen) atoms. The summed E-state index contributed by atoms with van der Waals surface area (Å²) in [4.78, 5) is 0. The first-order valence-electron chi connectivity index (χ1n) is 8.32. The van der Waals surface area contributed by atoms with Gasteiger partial charge in [0.2, 0.25) is 0 Å². The van der Waals surface area contributed by atoms with E-state index in [1.807, 2.05) is 27.7 Å². The van der Waals surface area contributed by atoms with Crippen molar-refractivity contribution < 1.29 is 23.7 Å². The van der Waals surface area contributed by atoms with Crippen molar-refractivity contribution in [2.24, 2.45) is 0 Å². The van der Waals surface area contributed by atoms with Crippen molar-refractivity contribution in [2.45, 2.75) is 69.8 Å². The molecule has 0 radical (unpaired) electrons. The summed E-state index contributed by atoms with van der Waals surface area (Å²) < 4.78 is 31.6. The van der Waals surface area contributed by atoms with E-state index < -0.39 is 11.6 Å². The highest BCUT2D eigenvalue weighted by Crippen LogP contribution is 2.47. The molecule has 0 saturated carbocycles. The van der Waals surface area contributed by atoms with Gasteiger partial charge in [-0.15, -0.1) is 0 Å². The fourth-order valence-corrected chi connectivity index (χ4v) is 4.09. The average molecular weight is 446 g/mol. The Bertz CT molecular complexity index is 614. The highest BCUT2D eigenvalue weighted by Gasteiger charge is 2.59. The standard InChI is InChI=1S/C18H23IO5/c1-17(2)20-9-12(22-17)14-16-15(23-18(3,4)24-16)13(21-14)10-5-7-11(19)8-6-10/h5-8,12-16H,9H2,1-4H3/t12-,13+,14-,15-,16+/m1/s1. The van der Waals surface area contributed by atoms with Crippen LogP contribution in [0.5, 0.6) is 0 Å². The Morgan fingerprint density at radius 3 is 2.17 bits per heavy atom. The molecule has 6 heteroatoms. The second-order valence-electron chi connectivity index (χ2n) is 7.50. The molecule has 3 saturated heterocycles. The number of benzene rings is 1. The van der Waals surface area contributed by atoms with Crippen LogP contribution >= 0.6 is 22.6 Å². The van der Waals surface area contributed by atoms with Crippen LogP contribution < -0.4 is 0 Å². The van der Waals surface area contributed by atoms with Gasteiger partial charge < -0.3 is 23.7 Å². The second kappa shape index (κ2) is 5.89. The van der Waals surface area contributed by atoms with Crippen molar-refractivity contribution in [1.29, 1.82) is 0 Å². The number of halogens is 1. The number of fused-ring (bicyclic) bond motifs is 1. The van der Waals surface area contributed by atoms with Gasteiger partial charge in [-0.3, -0.25) is 0 Å². The van der Waals surface area contributed by atoms with E-state index in [1.165, 1.54) is 3.57 Å². The van der Waals surface area contributed by atoms with Crippen molar-refractivity contribution in [3.8, 4) is 0 Å². The Morgan fingerprint density at radius 2 is 1.54 bits per heavy atom. The van der Waals surface area contributed by atoms with Crippen LogP contribution in [0.1, 0.15) is 39.4 Å². The first-order chi connectivity index (χ1) is 11.2. The molecule has 1 aromatic rings. The summed E-state index contributed by atoms with van der Waals surface area (Å²) in [5.41, 5.74) is 1.10. The summed E-state index contributed by atoms with van der Waals surface area (Å²) in [6.07, 6.45) is -0.822. The molecule has 0 N–H and O–H groups in total. The van der Waals surface area contributed by atoms with Gasteiger partial charge in [0.15, 0.2) is 11.6 Å². The lowest BCUT2D eigenvalue weighted by Crippen LogP contribution is -2.40. The normalized spacial score (nSPS) is 40.0. The summed E-state index contributed by atoms with van der Waals surface area (Å²) in [7, 11) is 0. The lowest BCUT2D eigenvalue weighted by atomic mass is 10.00. The fourth-order valence-electron chi connectivity index (χ4n) is 3.73. The summed E-state index contributed by atoms with van der Waals surface area (Å²) in [6, 6.07) is 8.36. The van der Waals surface area contributed by atoms with Crippen molar-refractivity contribution in [3.05, 3.63) is 33.4 Å². The van der Waals surface area contributed by atoms with E-state index >= 15 is 0 Å². The minimum absolute atomic E-state index is 0.141. The van der Waals surface area contributed by atoms with Gasteiger partial charge in [0.05, 0.1) is 6.61 Å². The number of hydrogen-bond donors (Lipinski definition) is 0. The Hall–Kier alpha value is -0.250. The number of ether oxygens (including phenoxy) is 5. The molecule has 5 atom stereocenters. The zero-order valence-corrected chi connectivity index (χ0v) is 16.5. The third-order valence-corrected chi connectivity index (χ3v) is 5.40. The van der Waals surface area contributed by atoms with Crippen molar-refractivity contribution in [2.75, 3.05) is 6.61 Å². The zero-order chi connectivity index (χ0) is 17.1. The molecule has 1 aromatic carbocycles. The van der Waals surface area contributed by atoms with E-state index in [0.717, 1.165) is 5.56 Å². The van der Waals surface area contributed by atoms with Gasteiger partial charge in [-0.2, -0.15) is 0 Å². The predicted molar refractivity (Wildman–Crippen MR) is 95.5 cm³/mol. The maximum absolute atomic E-state index is 6.37.